The molecule has 2 fully saturated rings. The molecule has 0 saturated carbocycles. The van der Waals surface area contributed by atoms with Gasteiger partial charge in [0, 0.05) is 12.1 Å². The van der Waals surface area contributed by atoms with Crippen molar-refractivity contribution in [2.45, 2.75) is 38.6 Å². The molecule has 0 aromatic heterocycles. The van der Waals surface area contributed by atoms with Gasteiger partial charge in [-0.15, -0.1) is 0 Å². The Hall–Kier alpha value is -4.10. The highest BCUT2D eigenvalue weighted by Crippen LogP contribution is 2.36. The largest absolute Gasteiger partial charge is 0.454 e. The summed E-state index contributed by atoms with van der Waals surface area (Å²) in [6.45, 7) is 3.44. The average Bonchev–Trinajstić information content (AvgIpc) is 3.47. The predicted molar refractivity (Wildman–Crippen MR) is 147 cm³/mol. The lowest BCUT2D eigenvalue weighted by molar-refractivity contribution is -0.123. The maximum absolute atomic E-state index is 13.1. The Labute approximate surface area is 227 Å². The number of nitrogens with zero attached hydrogens (tertiary/aromatic N) is 2. The van der Waals surface area contributed by atoms with E-state index in [9.17, 15) is 19.2 Å². The van der Waals surface area contributed by atoms with E-state index in [-0.39, 0.29) is 36.2 Å². The average molecular weight is 523 g/mol. The first kappa shape index (κ1) is 25.2. The molecular weight excluding hydrogens is 492 g/mol. The number of hydrogen-bond donors (Lipinski definition) is 0. The first-order chi connectivity index (χ1) is 18.9. The number of rotatable bonds is 6. The topological polar surface area (TPSA) is 84.0 Å². The SMILES string of the molecule is CC1CCCN(C2CC(=O)N(c3ccc(C(=O)OCC(=O)c4ccc5c(c4)Cc4ccccc4-5)cc3)C2=O)C1. The van der Waals surface area contributed by atoms with E-state index in [1.807, 2.05) is 24.3 Å². The molecule has 0 radical (unpaired) electrons. The van der Waals surface area contributed by atoms with Crippen molar-refractivity contribution in [3.05, 3.63) is 89.0 Å². The van der Waals surface area contributed by atoms with E-state index in [0.29, 0.717) is 17.2 Å². The summed E-state index contributed by atoms with van der Waals surface area (Å²) in [6, 6.07) is 19.6. The van der Waals surface area contributed by atoms with Crippen molar-refractivity contribution in [3.63, 3.8) is 0 Å². The summed E-state index contributed by atoms with van der Waals surface area (Å²) in [6.07, 6.45) is 3.12. The van der Waals surface area contributed by atoms with E-state index in [1.165, 1.54) is 28.2 Å². The minimum Gasteiger partial charge on any atom is -0.454 e. The number of Topliss-reactive ketones (excluding diaryl/α,β-unsaturated/α-hetero) is 1. The molecule has 39 heavy (non-hydrogen) atoms. The third kappa shape index (κ3) is 4.79. The number of anilines is 1. The standard InChI is InChI=1S/C32H30N2O5/c1-20-5-4-14-33(18-20)28-17-30(36)34(31(28)37)25-11-8-21(9-12-25)32(38)39-19-29(35)23-10-13-27-24(16-23)15-22-6-2-3-7-26(22)27/h2-3,6-13,16,20,28H,4-5,14-15,17-19H2,1H3. The van der Waals surface area contributed by atoms with E-state index >= 15 is 0 Å². The van der Waals surface area contributed by atoms with Gasteiger partial charge in [0.1, 0.15) is 0 Å². The Morgan fingerprint density at radius 2 is 1.67 bits per heavy atom. The maximum atomic E-state index is 13.1. The number of ether oxygens (including phenoxy) is 1. The summed E-state index contributed by atoms with van der Waals surface area (Å²) < 4.78 is 5.30. The monoisotopic (exact) mass is 522 g/mol. The third-order valence-corrected chi connectivity index (χ3v) is 8.06. The fourth-order valence-electron chi connectivity index (χ4n) is 6.04. The summed E-state index contributed by atoms with van der Waals surface area (Å²) in [5.74, 6) is -0.852. The number of benzene rings is 3. The van der Waals surface area contributed by atoms with Gasteiger partial charge >= 0.3 is 5.97 Å². The second-order valence-corrected chi connectivity index (χ2v) is 10.8. The van der Waals surface area contributed by atoms with Crippen molar-refractivity contribution in [2.75, 3.05) is 24.6 Å². The van der Waals surface area contributed by atoms with Crippen molar-refractivity contribution in [1.29, 1.82) is 0 Å². The zero-order chi connectivity index (χ0) is 27.1. The minimum atomic E-state index is -0.636. The fourth-order valence-corrected chi connectivity index (χ4v) is 6.04. The van der Waals surface area contributed by atoms with Gasteiger partial charge in [-0.3, -0.25) is 19.3 Å². The van der Waals surface area contributed by atoms with Crippen LogP contribution in [0.5, 0.6) is 0 Å². The highest BCUT2D eigenvalue weighted by Gasteiger charge is 2.43. The van der Waals surface area contributed by atoms with Crippen LogP contribution in [-0.4, -0.2) is 54.2 Å². The number of piperidine rings is 1. The molecule has 0 bridgehead atoms. The zero-order valence-corrected chi connectivity index (χ0v) is 21.9. The third-order valence-electron chi connectivity index (χ3n) is 8.06. The molecule has 3 aromatic rings. The number of hydrogen-bond acceptors (Lipinski definition) is 6. The normalized spacial score (nSPS) is 20.6. The second-order valence-electron chi connectivity index (χ2n) is 10.8. The van der Waals surface area contributed by atoms with Crippen LogP contribution in [0.15, 0.2) is 66.7 Å². The molecule has 2 amide bonds. The summed E-state index contributed by atoms with van der Waals surface area (Å²) >= 11 is 0. The van der Waals surface area contributed by atoms with Crippen molar-refractivity contribution < 1.29 is 23.9 Å². The van der Waals surface area contributed by atoms with E-state index in [2.05, 4.69) is 24.0 Å². The molecule has 0 N–H and O–H groups in total. The molecule has 2 saturated heterocycles. The number of carbonyl (C=O) groups is 4. The number of amides is 2. The smallest absolute Gasteiger partial charge is 0.338 e. The van der Waals surface area contributed by atoms with Crippen molar-refractivity contribution in [3.8, 4) is 11.1 Å². The fraction of sp³-hybridized carbons (Fsp3) is 0.312. The van der Waals surface area contributed by atoms with Gasteiger partial charge in [-0.25, -0.2) is 9.69 Å². The summed E-state index contributed by atoms with van der Waals surface area (Å²) in [7, 11) is 0. The van der Waals surface area contributed by atoms with Crippen LogP contribution in [0, 0.1) is 5.92 Å². The molecular formula is C32H30N2O5. The van der Waals surface area contributed by atoms with Crippen LogP contribution < -0.4 is 4.90 Å². The van der Waals surface area contributed by atoms with Crippen molar-refractivity contribution >= 4 is 29.3 Å². The Balaban J connectivity index is 1.07. The van der Waals surface area contributed by atoms with Gasteiger partial charge < -0.3 is 4.74 Å². The highest BCUT2D eigenvalue weighted by atomic mass is 16.5. The molecule has 3 aromatic carbocycles. The lowest BCUT2D eigenvalue weighted by Crippen LogP contribution is -2.46. The van der Waals surface area contributed by atoms with Gasteiger partial charge in [0.25, 0.3) is 5.91 Å². The lowest BCUT2D eigenvalue weighted by Gasteiger charge is -2.34. The van der Waals surface area contributed by atoms with Crippen LogP contribution >= 0.6 is 0 Å². The summed E-state index contributed by atoms with van der Waals surface area (Å²) in [5, 5.41) is 0. The Morgan fingerprint density at radius 1 is 0.923 bits per heavy atom. The molecule has 2 heterocycles. The number of carbonyl (C=O) groups excluding carboxylic acids is 4. The van der Waals surface area contributed by atoms with Crippen LogP contribution in [0.1, 0.15) is 58.0 Å². The van der Waals surface area contributed by atoms with Crippen LogP contribution in [0.2, 0.25) is 0 Å². The number of fused-ring (bicyclic) bond motifs is 3. The van der Waals surface area contributed by atoms with E-state index in [1.54, 1.807) is 18.2 Å². The van der Waals surface area contributed by atoms with Gasteiger partial charge in [0.15, 0.2) is 12.4 Å². The van der Waals surface area contributed by atoms with Crippen LogP contribution in [0.4, 0.5) is 5.69 Å². The number of ketones is 1. The van der Waals surface area contributed by atoms with E-state index < -0.39 is 12.0 Å². The Bertz CT molecular complexity index is 1480. The first-order valence-electron chi connectivity index (χ1n) is 13.5. The van der Waals surface area contributed by atoms with E-state index in [0.717, 1.165) is 43.5 Å². The molecule has 3 aliphatic rings. The molecule has 2 unspecified atom stereocenters. The quantitative estimate of drug-likeness (QED) is 0.208. The second kappa shape index (κ2) is 10.2. The Morgan fingerprint density at radius 3 is 2.46 bits per heavy atom. The molecule has 1 aliphatic carbocycles. The number of esters is 1. The van der Waals surface area contributed by atoms with E-state index in [4.69, 9.17) is 4.74 Å². The van der Waals surface area contributed by atoms with Crippen LogP contribution in [-0.2, 0) is 20.7 Å². The maximum Gasteiger partial charge on any atom is 0.338 e. The van der Waals surface area contributed by atoms with Gasteiger partial charge in [-0.1, -0.05) is 43.3 Å². The van der Waals surface area contributed by atoms with Gasteiger partial charge in [0.05, 0.1) is 23.7 Å². The first-order valence-corrected chi connectivity index (χ1v) is 13.5. The minimum absolute atomic E-state index is 0.173. The molecule has 0 spiro atoms. The number of likely N-dealkylation sites (tertiary alicyclic amines) is 1. The molecule has 6 rings (SSSR count). The number of imide groups is 1. The van der Waals surface area contributed by atoms with Gasteiger partial charge in [0.2, 0.25) is 5.91 Å². The molecule has 198 valence electrons. The van der Waals surface area contributed by atoms with Gasteiger partial charge in [-0.05, 0) is 84.3 Å². The van der Waals surface area contributed by atoms with Crippen LogP contribution in [0.3, 0.4) is 0 Å². The lowest BCUT2D eigenvalue weighted by atomic mass is 9.98. The molecule has 2 atom stereocenters. The molecule has 7 nitrogen and oxygen atoms in total. The van der Waals surface area contributed by atoms with Crippen molar-refractivity contribution in [2.24, 2.45) is 5.92 Å². The summed E-state index contributed by atoms with van der Waals surface area (Å²) in [5.41, 5.74) is 5.84. The zero-order valence-electron chi connectivity index (χ0n) is 21.9. The van der Waals surface area contributed by atoms with Gasteiger partial charge in [-0.2, -0.15) is 0 Å². The van der Waals surface area contributed by atoms with Crippen LogP contribution in [0.25, 0.3) is 11.1 Å². The molecule has 7 heteroatoms. The summed E-state index contributed by atoms with van der Waals surface area (Å²) in [4.78, 5) is 54.6. The highest BCUT2D eigenvalue weighted by molar-refractivity contribution is 6.22. The molecule has 2 aliphatic heterocycles. The predicted octanol–water partition coefficient (Wildman–Crippen LogP) is 4.66. The van der Waals surface area contributed by atoms with Crippen molar-refractivity contribution in [1.82, 2.24) is 4.90 Å². The Kier molecular flexibility index (Phi) is 6.61.